The number of rotatable bonds is 6. The van der Waals surface area contributed by atoms with E-state index in [1.54, 1.807) is 36.4 Å². The van der Waals surface area contributed by atoms with Gasteiger partial charge in [-0.3, -0.25) is 4.90 Å². The fraction of sp³-hybridized carbons (Fsp3) is 0.346. The molecule has 6 nitrogen and oxygen atoms in total. The molecule has 0 spiro atoms. The molecule has 3 aromatic rings. The third-order valence-corrected chi connectivity index (χ3v) is 8.68. The zero-order valence-electron chi connectivity index (χ0n) is 19.4. The van der Waals surface area contributed by atoms with Crippen LogP contribution in [0.5, 0.6) is 0 Å². The molecule has 0 saturated carbocycles. The maximum atomic E-state index is 13.6. The van der Waals surface area contributed by atoms with Gasteiger partial charge >= 0.3 is 0 Å². The fourth-order valence-electron chi connectivity index (χ4n) is 4.90. The van der Waals surface area contributed by atoms with E-state index >= 15 is 0 Å². The first-order chi connectivity index (χ1) is 16.9. The van der Waals surface area contributed by atoms with Crippen molar-refractivity contribution in [2.45, 2.75) is 23.8 Å². The summed E-state index contributed by atoms with van der Waals surface area (Å²) in [5.41, 5.74) is 1.89. The van der Waals surface area contributed by atoms with Crippen molar-refractivity contribution in [1.29, 1.82) is 0 Å². The zero-order valence-corrected chi connectivity index (χ0v) is 20.2. The summed E-state index contributed by atoms with van der Waals surface area (Å²) in [5.74, 6) is 0.153. The average molecular weight is 499 g/mol. The number of hydrogen-bond donors (Lipinski definition) is 0. The predicted octanol–water partition coefficient (Wildman–Crippen LogP) is 4.06. The Labute approximate surface area is 204 Å². The highest BCUT2D eigenvalue weighted by atomic mass is 32.2. The maximum Gasteiger partial charge on any atom is 0.244 e. The Morgan fingerprint density at radius 1 is 0.714 bits per heavy atom. The summed E-state index contributed by atoms with van der Waals surface area (Å²) in [6.07, 6.45) is 3.24. The van der Waals surface area contributed by atoms with Crippen LogP contribution in [-0.2, 0) is 10.0 Å². The molecule has 35 heavy (non-hydrogen) atoms. The van der Waals surface area contributed by atoms with Gasteiger partial charge in [0.1, 0.15) is 22.3 Å². The maximum absolute atomic E-state index is 13.6. The molecule has 9 heteroatoms. The van der Waals surface area contributed by atoms with Gasteiger partial charge in [0.05, 0.1) is 6.04 Å². The fourth-order valence-corrected chi connectivity index (χ4v) is 6.37. The summed E-state index contributed by atoms with van der Waals surface area (Å²) in [4.78, 5) is 9.12. The van der Waals surface area contributed by atoms with Gasteiger partial charge < -0.3 is 4.90 Å². The minimum atomic E-state index is -3.48. The van der Waals surface area contributed by atoms with Crippen LogP contribution in [-0.4, -0.2) is 61.9 Å². The second kappa shape index (κ2) is 10.0. The van der Waals surface area contributed by atoms with E-state index in [1.807, 2.05) is 0 Å². The molecule has 2 aromatic carbocycles. The summed E-state index contributed by atoms with van der Waals surface area (Å²) in [5, 5.41) is 0. The van der Waals surface area contributed by atoms with Gasteiger partial charge in [-0.05, 0) is 60.4 Å². The Hall–Kier alpha value is -2.88. The van der Waals surface area contributed by atoms with Crippen molar-refractivity contribution in [1.82, 2.24) is 14.2 Å². The van der Waals surface area contributed by atoms with Crippen LogP contribution >= 0.6 is 0 Å². The summed E-state index contributed by atoms with van der Waals surface area (Å²) >= 11 is 0. The molecule has 184 valence electrons. The lowest BCUT2D eigenvalue weighted by molar-refractivity contribution is 0.212. The van der Waals surface area contributed by atoms with E-state index in [0.717, 1.165) is 42.9 Å². The van der Waals surface area contributed by atoms with Gasteiger partial charge in [-0.2, -0.15) is 4.31 Å². The van der Waals surface area contributed by atoms with E-state index < -0.39 is 10.0 Å². The Morgan fingerprint density at radius 3 is 1.74 bits per heavy atom. The molecule has 0 bridgehead atoms. The molecule has 0 atom stereocenters. The SMILES string of the molecule is O=S(=O)(c1ccc(N2CCN(C(c3ccc(F)cc3)c3ccc(F)cc3)CC2)nc1)N1CCCC1. The molecule has 5 rings (SSSR count). The molecule has 2 aliphatic heterocycles. The highest BCUT2D eigenvalue weighted by Gasteiger charge is 2.29. The minimum absolute atomic E-state index is 0.126. The molecule has 3 heterocycles. The Bertz CT molecular complexity index is 1190. The Morgan fingerprint density at radius 2 is 1.26 bits per heavy atom. The molecule has 0 N–H and O–H groups in total. The molecule has 0 amide bonds. The van der Waals surface area contributed by atoms with E-state index in [2.05, 4.69) is 14.8 Å². The quantitative estimate of drug-likeness (QED) is 0.513. The molecule has 1 aromatic heterocycles. The lowest BCUT2D eigenvalue weighted by atomic mass is 9.96. The molecule has 2 saturated heterocycles. The minimum Gasteiger partial charge on any atom is -0.354 e. The van der Waals surface area contributed by atoms with Crippen LogP contribution < -0.4 is 4.90 Å². The summed E-state index contributed by atoms with van der Waals surface area (Å²) < 4.78 is 54.2. The number of sulfonamides is 1. The van der Waals surface area contributed by atoms with Gasteiger partial charge in [0.25, 0.3) is 0 Å². The van der Waals surface area contributed by atoms with Gasteiger partial charge in [-0.15, -0.1) is 0 Å². The number of hydrogen-bond acceptors (Lipinski definition) is 5. The molecule has 2 fully saturated rings. The number of anilines is 1. The average Bonchev–Trinajstić information content (AvgIpc) is 3.43. The molecule has 2 aliphatic rings. The first-order valence-electron chi connectivity index (χ1n) is 11.9. The number of piperazine rings is 1. The van der Waals surface area contributed by atoms with E-state index in [-0.39, 0.29) is 22.6 Å². The van der Waals surface area contributed by atoms with E-state index in [0.29, 0.717) is 26.2 Å². The van der Waals surface area contributed by atoms with Gasteiger partial charge in [-0.25, -0.2) is 22.2 Å². The zero-order chi connectivity index (χ0) is 24.4. The lowest BCUT2D eigenvalue weighted by Gasteiger charge is -2.40. The number of benzene rings is 2. The topological polar surface area (TPSA) is 56.8 Å². The van der Waals surface area contributed by atoms with Crippen LogP contribution in [0.2, 0.25) is 0 Å². The largest absolute Gasteiger partial charge is 0.354 e. The van der Waals surface area contributed by atoms with Gasteiger partial charge in [0.2, 0.25) is 10.0 Å². The normalized spacial score (nSPS) is 17.9. The number of halogens is 2. The van der Waals surface area contributed by atoms with E-state index in [4.69, 9.17) is 0 Å². The van der Waals surface area contributed by atoms with Gasteiger partial charge in [0, 0.05) is 45.5 Å². The van der Waals surface area contributed by atoms with Crippen molar-refractivity contribution < 1.29 is 17.2 Å². The standard InChI is InChI=1S/C26H28F2N4O2S/c27-22-7-3-20(4-8-22)26(21-5-9-23(28)10-6-21)31-17-15-30(16-18-31)25-12-11-24(19-29-25)35(33,34)32-13-1-2-14-32/h3-12,19,26H,1-2,13-18H2. The van der Waals surface area contributed by atoms with Crippen molar-refractivity contribution in [3.8, 4) is 0 Å². The molecule has 0 aliphatic carbocycles. The smallest absolute Gasteiger partial charge is 0.244 e. The van der Waals surface area contributed by atoms with Gasteiger partial charge in [0.15, 0.2) is 0 Å². The van der Waals surface area contributed by atoms with Crippen molar-refractivity contribution >= 4 is 15.8 Å². The number of nitrogens with zero attached hydrogens (tertiary/aromatic N) is 4. The molecular formula is C26H28F2N4O2S. The van der Waals surface area contributed by atoms with Crippen LogP contribution in [0.15, 0.2) is 71.8 Å². The van der Waals surface area contributed by atoms with Crippen molar-refractivity contribution in [3.05, 3.63) is 89.6 Å². The first-order valence-corrected chi connectivity index (χ1v) is 13.3. The lowest BCUT2D eigenvalue weighted by Crippen LogP contribution is -2.48. The first kappa shape index (κ1) is 23.8. The second-order valence-electron chi connectivity index (χ2n) is 8.99. The van der Waals surface area contributed by atoms with E-state index in [9.17, 15) is 17.2 Å². The number of aromatic nitrogens is 1. The monoisotopic (exact) mass is 498 g/mol. The van der Waals surface area contributed by atoms with Crippen LogP contribution in [0.25, 0.3) is 0 Å². The highest BCUT2D eigenvalue weighted by Crippen LogP contribution is 2.31. The van der Waals surface area contributed by atoms with Crippen LogP contribution in [0, 0.1) is 11.6 Å². The second-order valence-corrected chi connectivity index (χ2v) is 10.9. The van der Waals surface area contributed by atoms with E-state index in [1.165, 1.54) is 34.8 Å². The Kier molecular flexibility index (Phi) is 6.82. The molecular weight excluding hydrogens is 470 g/mol. The van der Waals surface area contributed by atoms with Gasteiger partial charge in [-0.1, -0.05) is 24.3 Å². The highest BCUT2D eigenvalue weighted by molar-refractivity contribution is 7.89. The summed E-state index contributed by atoms with van der Waals surface area (Å²) in [7, 11) is -3.48. The van der Waals surface area contributed by atoms with Crippen LogP contribution in [0.3, 0.4) is 0 Å². The predicted molar refractivity (Wildman–Crippen MR) is 131 cm³/mol. The third-order valence-electron chi connectivity index (χ3n) is 6.80. The Balaban J connectivity index is 1.30. The van der Waals surface area contributed by atoms with Crippen LogP contribution in [0.1, 0.15) is 30.0 Å². The van der Waals surface area contributed by atoms with Crippen molar-refractivity contribution in [3.63, 3.8) is 0 Å². The molecule has 0 unspecified atom stereocenters. The van der Waals surface area contributed by atoms with Crippen molar-refractivity contribution in [2.24, 2.45) is 0 Å². The van der Waals surface area contributed by atoms with Crippen molar-refractivity contribution in [2.75, 3.05) is 44.2 Å². The third kappa shape index (κ3) is 5.07. The van der Waals surface area contributed by atoms with Crippen LogP contribution in [0.4, 0.5) is 14.6 Å². The summed E-state index contributed by atoms with van der Waals surface area (Å²) in [6.45, 7) is 3.96. The summed E-state index contributed by atoms with van der Waals surface area (Å²) in [6, 6.07) is 16.2. The molecule has 0 radical (unpaired) electrons. The number of pyridine rings is 1.